The number of nitrogens with zero attached hydrogens (tertiary/aromatic N) is 3. The van der Waals surface area contributed by atoms with Gasteiger partial charge in [-0.05, 0) is 56.4 Å². The van der Waals surface area contributed by atoms with E-state index in [4.69, 9.17) is 4.99 Å². The molecule has 0 spiro atoms. The molecule has 1 fully saturated rings. The number of aliphatic imine (C=N–C) groups is 1. The maximum absolute atomic E-state index is 5.02. The second kappa shape index (κ2) is 8.05. The van der Waals surface area contributed by atoms with Gasteiger partial charge in [0.1, 0.15) is 5.00 Å². The van der Waals surface area contributed by atoms with Gasteiger partial charge in [-0.15, -0.1) is 0 Å². The smallest absolute Gasteiger partial charge is 0.201 e. The number of anilines is 2. The number of hydrogen-bond acceptors (Lipinski definition) is 4. The second-order valence-corrected chi connectivity index (χ2v) is 7.99. The highest BCUT2D eigenvalue weighted by atomic mass is 32.1. The summed E-state index contributed by atoms with van der Waals surface area (Å²) in [5.74, 6) is 0.793. The van der Waals surface area contributed by atoms with Crippen LogP contribution in [0, 0.1) is 13.8 Å². The van der Waals surface area contributed by atoms with Crippen LogP contribution in [0.3, 0.4) is 0 Å². The summed E-state index contributed by atoms with van der Waals surface area (Å²) >= 11 is 1.46. The summed E-state index contributed by atoms with van der Waals surface area (Å²) in [4.78, 5) is 9.66. The average molecular weight is 380 g/mol. The molecule has 0 saturated heterocycles. The first-order valence-corrected chi connectivity index (χ1v) is 10.4. The number of para-hydroxylation sites is 1. The van der Waals surface area contributed by atoms with Crippen molar-refractivity contribution in [2.45, 2.75) is 52.0 Å². The van der Waals surface area contributed by atoms with Crippen LogP contribution in [-0.2, 0) is 0 Å². The van der Waals surface area contributed by atoms with Crippen LogP contribution >= 0.6 is 11.5 Å². The van der Waals surface area contributed by atoms with Crippen LogP contribution in [-0.4, -0.2) is 21.4 Å². The third-order valence-electron chi connectivity index (χ3n) is 4.85. The number of hydrogen-bond donors (Lipinski definition) is 2. The van der Waals surface area contributed by atoms with Gasteiger partial charge in [0.05, 0.1) is 22.9 Å². The predicted octanol–water partition coefficient (Wildman–Crippen LogP) is 5.52. The highest BCUT2D eigenvalue weighted by Crippen LogP contribution is 2.25. The first-order chi connectivity index (χ1) is 13.2. The lowest BCUT2D eigenvalue weighted by atomic mass is 9.96. The number of aromatic nitrogens is 2. The van der Waals surface area contributed by atoms with Gasteiger partial charge in [0.15, 0.2) is 0 Å². The Morgan fingerprint density at radius 1 is 1.04 bits per heavy atom. The lowest BCUT2D eigenvalue weighted by Gasteiger charge is -2.20. The molecule has 1 aliphatic carbocycles. The molecule has 27 heavy (non-hydrogen) atoms. The number of fused-ring (bicyclic) bond motifs is 1. The molecule has 2 aromatic heterocycles. The highest BCUT2D eigenvalue weighted by molar-refractivity contribution is 7.10. The Labute approximate surface area is 164 Å². The Morgan fingerprint density at radius 3 is 2.63 bits per heavy atom. The number of aryl methyl sites for hydroxylation is 2. The van der Waals surface area contributed by atoms with Crippen LogP contribution < -0.4 is 10.6 Å². The van der Waals surface area contributed by atoms with Crippen molar-refractivity contribution in [2.75, 3.05) is 10.6 Å². The number of guanidine groups is 1. The number of nitrogens with one attached hydrogen (secondary N) is 2. The van der Waals surface area contributed by atoms with Gasteiger partial charge in [-0.3, -0.25) is 4.98 Å². The van der Waals surface area contributed by atoms with Crippen molar-refractivity contribution in [2.24, 2.45) is 4.99 Å². The molecule has 1 aromatic carbocycles. The van der Waals surface area contributed by atoms with Crippen molar-refractivity contribution >= 4 is 39.1 Å². The maximum atomic E-state index is 5.02. The number of rotatable bonds is 3. The van der Waals surface area contributed by atoms with Gasteiger partial charge in [0.2, 0.25) is 5.96 Å². The van der Waals surface area contributed by atoms with E-state index >= 15 is 0 Å². The largest absolute Gasteiger partial charge is 0.325 e. The second-order valence-electron chi connectivity index (χ2n) is 7.18. The van der Waals surface area contributed by atoms with Crippen molar-refractivity contribution in [1.29, 1.82) is 0 Å². The molecule has 1 saturated carbocycles. The van der Waals surface area contributed by atoms with Gasteiger partial charge in [0, 0.05) is 11.1 Å². The minimum absolute atomic E-state index is 0.372. The summed E-state index contributed by atoms with van der Waals surface area (Å²) in [6.45, 7) is 4.03. The molecular weight excluding hydrogens is 354 g/mol. The Balaban J connectivity index is 1.67. The van der Waals surface area contributed by atoms with Crippen LogP contribution in [0.15, 0.2) is 41.4 Å². The molecular formula is C21H25N5S. The first kappa shape index (κ1) is 17.9. The Morgan fingerprint density at radius 2 is 1.85 bits per heavy atom. The Hall–Kier alpha value is -2.47. The van der Waals surface area contributed by atoms with E-state index in [9.17, 15) is 0 Å². The third kappa shape index (κ3) is 4.45. The molecule has 0 amide bonds. The van der Waals surface area contributed by atoms with Crippen molar-refractivity contribution < 1.29 is 0 Å². The molecule has 3 aromatic rings. The van der Waals surface area contributed by atoms with E-state index < -0.39 is 0 Å². The Bertz CT molecular complexity index is 956. The standard InChI is InChI=1S/C21H25N5S/c1-14-12-19(17-10-6-7-11-18(17)22-14)24-21(23-16-8-4-3-5-9-16)25-20-13-15(2)26-27-20/h6-7,10-13,16H,3-5,8-9H2,1-2H3,(H2,22,23,24,25). The van der Waals surface area contributed by atoms with E-state index in [-0.39, 0.29) is 0 Å². The molecule has 4 rings (SSSR count). The fourth-order valence-corrected chi connectivity index (χ4v) is 4.23. The lowest BCUT2D eigenvalue weighted by molar-refractivity contribution is 0.443. The SMILES string of the molecule is Cc1cc(NC(=NC2CCCCC2)Nc2cc(C)nc3ccccc23)sn1. The molecule has 2 heterocycles. The predicted molar refractivity (Wildman–Crippen MR) is 115 cm³/mol. The molecule has 5 nitrogen and oxygen atoms in total. The lowest BCUT2D eigenvalue weighted by Crippen LogP contribution is -2.25. The minimum Gasteiger partial charge on any atom is -0.325 e. The summed E-state index contributed by atoms with van der Waals surface area (Å²) in [7, 11) is 0. The van der Waals surface area contributed by atoms with Gasteiger partial charge in [0.25, 0.3) is 0 Å². The molecule has 2 N–H and O–H groups in total. The zero-order chi connectivity index (χ0) is 18.6. The van der Waals surface area contributed by atoms with Crippen molar-refractivity contribution in [1.82, 2.24) is 9.36 Å². The van der Waals surface area contributed by atoms with E-state index in [0.29, 0.717) is 6.04 Å². The van der Waals surface area contributed by atoms with Crippen LogP contribution in [0.25, 0.3) is 10.9 Å². The fraction of sp³-hybridized carbons (Fsp3) is 0.381. The summed E-state index contributed by atoms with van der Waals surface area (Å²) in [6, 6.07) is 12.7. The van der Waals surface area contributed by atoms with Crippen LogP contribution in [0.4, 0.5) is 10.7 Å². The van der Waals surface area contributed by atoms with Crippen molar-refractivity contribution in [3.05, 3.63) is 47.8 Å². The average Bonchev–Trinajstić information content (AvgIpc) is 3.07. The van der Waals surface area contributed by atoms with E-state index in [2.05, 4.69) is 38.2 Å². The normalized spacial score (nSPS) is 15.9. The number of pyridine rings is 1. The fourth-order valence-electron chi connectivity index (χ4n) is 3.57. The van der Waals surface area contributed by atoms with Crippen molar-refractivity contribution in [3.63, 3.8) is 0 Å². The molecule has 0 bridgehead atoms. The zero-order valence-corrected chi connectivity index (χ0v) is 16.6. The summed E-state index contributed by atoms with van der Waals surface area (Å²) in [6.07, 6.45) is 6.16. The first-order valence-electron chi connectivity index (χ1n) is 9.59. The van der Waals surface area contributed by atoms with E-state index in [1.807, 2.05) is 32.0 Å². The number of benzene rings is 1. The molecule has 0 aliphatic heterocycles. The quantitative estimate of drug-likeness (QED) is 0.464. The molecule has 0 unspecified atom stereocenters. The van der Waals surface area contributed by atoms with Gasteiger partial charge >= 0.3 is 0 Å². The Kier molecular flexibility index (Phi) is 5.34. The van der Waals surface area contributed by atoms with Gasteiger partial charge in [-0.2, -0.15) is 4.37 Å². The summed E-state index contributed by atoms with van der Waals surface area (Å²) in [5, 5.41) is 9.10. The van der Waals surface area contributed by atoms with Gasteiger partial charge in [-0.1, -0.05) is 37.5 Å². The molecule has 6 heteroatoms. The van der Waals surface area contributed by atoms with Crippen LogP contribution in [0.2, 0.25) is 0 Å². The summed E-state index contributed by atoms with van der Waals surface area (Å²) < 4.78 is 4.37. The molecule has 140 valence electrons. The summed E-state index contributed by atoms with van der Waals surface area (Å²) in [5.41, 5.74) is 4.03. The minimum atomic E-state index is 0.372. The van der Waals surface area contributed by atoms with E-state index in [1.54, 1.807) is 0 Å². The van der Waals surface area contributed by atoms with E-state index in [1.165, 1.54) is 30.8 Å². The molecule has 0 radical (unpaired) electrons. The van der Waals surface area contributed by atoms with E-state index in [0.717, 1.165) is 51.8 Å². The van der Waals surface area contributed by atoms with Crippen LogP contribution in [0.1, 0.15) is 43.5 Å². The molecule has 0 atom stereocenters. The van der Waals surface area contributed by atoms with Gasteiger partial charge in [-0.25, -0.2) is 4.99 Å². The van der Waals surface area contributed by atoms with Crippen molar-refractivity contribution in [3.8, 4) is 0 Å². The monoisotopic (exact) mass is 379 g/mol. The third-order valence-corrected chi connectivity index (χ3v) is 5.65. The van der Waals surface area contributed by atoms with Gasteiger partial charge < -0.3 is 10.6 Å². The zero-order valence-electron chi connectivity index (χ0n) is 15.8. The topological polar surface area (TPSA) is 62.2 Å². The maximum Gasteiger partial charge on any atom is 0.201 e. The highest BCUT2D eigenvalue weighted by Gasteiger charge is 2.15. The molecule has 1 aliphatic rings. The van der Waals surface area contributed by atoms with Crippen LogP contribution in [0.5, 0.6) is 0 Å².